The summed E-state index contributed by atoms with van der Waals surface area (Å²) in [6, 6.07) is 6.42. The van der Waals surface area contributed by atoms with Crippen molar-refractivity contribution in [1.29, 1.82) is 0 Å². The molecule has 0 aliphatic carbocycles. The van der Waals surface area contributed by atoms with E-state index in [0.29, 0.717) is 26.1 Å². The van der Waals surface area contributed by atoms with E-state index in [2.05, 4.69) is 10.1 Å². The molecule has 0 bridgehead atoms. The van der Waals surface area contributed by atoms with E-state index < -0.39 is 12.2 Å². The first-order valence-electron chi connectivity index (χ1n) is 6.58. The van der Waals surface area contributed by atoms with Crippen LogP contribution in [0.5, 0.6) is 5.75 Å². The largest absolute Gasteiger partial charge is 0.435 e. The van der Waals surface area contributed by atoms with Gasteiger partial charge in [0.15, 0.2) is 0 Å². The molecule has 1 aliphatic rings. The van der Waals surface area contributed by atoms with Crippen LogP contribution in [0, 0.1) is 0 Å². The third kappa shape index (κ3) is 3.88. The van der Waals surface area contributed by atoms with E-state index in [9.17, 15) is 13.9 Å². The molecule has 2 N–H and O–H groups in total. The lowest BCUT2D eigenvalue weighted by Crippen LogP contribution is -2.45. The Bertz CT molecular complexity index is 427. The van der Waals surface area contributed by atoms with Crippen LogP contribution in [0.4, 0.5) is 8.78 Å². The fourth-order valence-electron chi connectivity index (χ4n) is 2.21. The summed E-state index contributed by atoms with van der Waals surface area (Å²) >= 11 is 0. The van der Waals surface area contributed by atoms with Gasteiger partial charge in [0, 0.05) is 26.1 Å². The Morgan fingerprint density at radius 1 is 1.45 bits per heavy atom. The van der Waals surface area contributed by atoms with Crippen molar-refractivity contribution < 1.29 is 23.4 Å². The average Bonchev–Trinajstić information content (AvgIpc) is 2.71. The summed E-state index contributed by atoms with van der Waals surface area (Å²) in [7, 11) is 0. The maximum atomic E-state index is 12.0. The maximum Gasteiger partial charge on any atom is 0.387 e. The monoisotopic (exact) mass is 287 g/mol. The van der Waals surface area contributed by atoms with E-state index in [1.54, 1.807) is 12.1 Å². The van der Waals surface area contributed by atoms with E-state index in [-0.39, 0.29) is 11.9 Å². The predicted molar refractivity (Wildman–Crippen MR) is 69.8 cm³/mol. The summed E-state index contributed by atoms with van der Waals surface area (Å²) in [5.41, 5.74) is 0.0976. The van der Waals surface area contributed by atoms with E-state index in [1.807, 2.05) is 6.92 Å². The third-order valence-corrected chi connectivity index (χ3v) is 3.57. The predicted octanol–water partition coefficient (Wildman–Crippen LogP) is 1.92. The first kappa shape index (κ1) is 15.2. The molecule has 0 radical (unpaired) electrons. The second kappa shape index (κ2) is 6.47. The summed E-state index contributed by atoms with van der Waals surface area (Å²) < 4.78 is 33.6. The van der Waals surface area contributed by atoms with Gasteiger partial charge in [-0.1, -0.05) is 12.1 Å². The van der Waals surface area contributed by atoms with Crippen LogP contribution in [0.15, 0.2) is 24.3 Å². The second-order valence-corrected chi connectivity index (χ2v) is 4.99. The lowest BCUT2D eigenvalue weighted by molar-refractivity contribution is -0.0498. The highest BCUT2D eigenvalue weighted by molar-refractivity contribution is 5.27. The molecule has 1 aromatic carbocycles. The number of hydrogen-bond acceptors (Lipinski definition) is 4. The molecule has 20 heavy (non-hydrogen) atoms. The molecule has 6 heteroatoms. The summed E-state index contributed by atoms with van der Waals surface area (Å²) in [6.45, 7) is 0.592. The molecule has 2 rings (SSSR count). The fourth-order valence-corrected chi connectivity index (χ4v) is 2.21. The lowest BCUT2D eigenvalue weighted by atomic mass is 9.96. The molecule has 0 amide bonds. The molecule has 1 aromatic rings. The first-order chi connectivity index (χ1) is 9.49. The van der Waals surface area contributed by atoms with Gasteiger partial charge < -0.3 is 19.9 Å². The highest BCUT2D eigenvalue weighted by Gasteiger charge is 2.38. The molecule has 112 valence electrons. The highest BCUT2D eigenvalue weighted by atomic mass is 19.3. The van der Waals surface area contributed by atoms with Gasteiger partial charge in [-0.2, -0.15) is 8.78 Å². The van der Waals surface area contributed by atoms with Crippen LogP contribution in [-0.2, 0) is 11.3 Å². The van der Waals surface area contributed by atoms with Crippen LogP contribution in [0.1, 0.15) is 18.9 Å². The zero-order chi connectivity index (χ0) is 14.6. The minimum absolute atomic E-state index is 0.139. The summed E-state index contributed by atoms with van der Waals surface area (Å²) in [5, 5.41) is 13.4. The maximum absolute atomic E-state index is 12.0. The highest BCUT2D eigenvalue weighted by Crippen LogP contribution is 2.24. The molecular weight excluding hydrogens is 268 g/mol. The number of aliphatic hydroxyl groups is 1. The molecule has 2 atom stereocenters. The van der Waals surface area contributed by atoms with E-state index >= 15 is 0 Å². The number of ether oxygens (including phenoxy) is 2. The van der Waals surface area contributed by atoms with Gasteiger partial charge in [-0.3, -0.25) is 0 Å². The third-order valence-electron chi connectivity index (χ3n) is 3.57. The van der Waals surface area contributed by atoms with Crippen molar-refractivity contribution >= 4 is 0 Å². The number of halogens is 2. The van der Waals surface area contributed by atoms with Crippen molar-refractivity contribution in [2.75, 3.05) is 13.2 Å². The van der Waals surface area contributed by atoms with E-state index in [0.717, 1.165) is 5.56 Å². The Hall–Kier alpha value is -1.24. The van der Waals surface area contributed by atoms with E-state index in [1.165, 1.54) is 12.1 Å². The van der Waals surface area contributed by atoms with Crippen LogP contribution in [-0.4, -0.2) is 36.6 Å². The zero-order valence-corrected chi connectivity index (χ0v) is 11.3. The van der Waals surface area contributed by atoms with Gasteiger partial charge in [0.1, 0.15) is 11.4 Å². The normalized spacial score (nSPS) is 26.1. The summed E-state index contributed by atoms with van der Waals surface area (Å²) in [5.74, 6) is 0.139. The average molecular weight is 287 g/mol. The van der Waals surface area contributed by atoms with Gasteiger partial charge in [-0.25, -0.2) is 0 Å². The van der Waals surface area contributed by atoms with Crippen molar-refractivity contribution in [2.45, 2.75) is 38.2 Å². The Balaban J connectivity index is 1.79. The van der Waals surface area contributed by atoms with E-state index in [4.69, 9.17) is 4.74 Å². The van der Waals surface area contributed by atoms with Crippen molar-refractivity contribution in [1.82, 2.24) is 5.32 Å². The van der Waals surface area contributed by atoms with Gasteiger partial charge in [-0.05, 0) is 24.6 Å². The minimum atomic E-state index is -2.81. The zero-order valence-electron chi connectivity index (χ0n) is 11.3. The smallest absolute Gasteiger partial charge is 0.387 e. The molecule has 0 saturated carbocycles. The molecule has 4 nitrogen and oxygen atoms in total. The molecule has 1 saturated heterocycles. The number of hydrogen-bond donors (Lipinski definition) is 2. The second-order valence-electron chi connectivity index (χ2n) is 4.99. The summed E-state index contributed by atoms with van der Waals surface area (Å²) in [6.07, 6.45) is 0.430. The quantitative estimate of drug-likeness (QED) is 0.839. The van der Waals surface area contributed by atoms with Crippen LogP contribution in [0.3, 0.4) is 0 Å². The number of benzene rings is 1. The van der Waals surface area contributed by atoms with Gasteiger partial charge in [-0.15, -0.1) is 0 Å². The number of rotatable bonds is 6. The first-order valence-corrected chi connectivity index (χ1v) is 6.58. The van der Waals surface area contributed by atoms with Crippen molar-refractivity contribution in [3.8, 4) is 5.75 Å². The number of alkyl halides is 2. The Morgan fingerprint density at radius 3 is 2.70 bits per heavy atom. The minimum Gasteiger partial charge on any atom is -0.435 e. The van der Waals surface area contributed by atoms with Gasteiger partial charge in [0.2, 0.25) is 0 Å². The SMILES string of the molecule is CC1OCCC1(O)CNCc1ccc(OC(F)F)cc1. The molecule has 1 aliphatic heterocycles. The molecule has 0 spiro atoms. The van der Waals surface area contributed by atoms with Gasteiger partial charge >= 0.3 is 6.61 Å². The van der Waals surface area contributed by atoms with Crippen LogP contribution in [0.25, 0.3) is 0 Å². The molecule has 1 heterocycles. The Morgan fingerprint density at radius 2 is 2.15 bits per heavy atom. The summed E-state index contributed by atoms with van der Waals surface area (Å²) in [4.78, 5) is 0. The lowest BCUT2D eigenvalue weighted by Gasteiger charge is -2.26. The fraction of sp³-hybridized carbons (Fsp3) is 0.571. The number of nitrogens with one attached hydrogen (secondary N) is 1. The van der Waals surface area contributed by atoms with Gasteiger partial charge in [0.25, 0.3) is 0 Å². The van der Waals surface area contributed by atoms with Crippen molar-refractivity contribution in [3.05, 3.63) is 29.8 Å². The van der Waals surface area contributed by atoms with Crippen LogP contribution >= 0.6 is 0 Å². The Labute approximate surface area is 116 Å². The molecule has 0 aromatic heterocycles. The van der Waals surface area contributed by atoms with Crippen molar-refractivity contribution in [2.24, 2.45) is 0 Å². The molecule has 2 unspecified atom stereocenters. The van der Waals surface area contributed by atoms with Crippen molar-refractivity contribution in [3.63, 3.8) is 0 Å². The molecular formula is C14H19F2NO3. The topological polar surface area (TPSA) is 50.7 Å². The standard InChI is InChI=1S/C14H19F2NO3/c1-10-14(18,6-7-19-10)9-17-8-11-2-4-12(5-3-11)20-13(15)16/h2-5,10,13,17-18H,6-9H2,1H3. The Kier molecular flexibility index (Phi) is 4.91. The van der Waals surface area contributed by atoms with Crippen LogP contribution in [0.2, 0.25) is 0 Å². The molecule has 1 fully saturated rings. The van der Waals surface area contributed by atoms with Gasteiger partial charge in [0.05, 0.1) is 6.10 Å². The van der Waals surface area contributed by atoms with Crippen LogP contribution < -0.4 is 10.1 Å².